The Morgan fingerprint density at radius 3 is 1.20 bits per heavy atom. The molecule has 0 aromatic carbocycles. The van der Waals surface area contributed by atoms with E-state index in [1.165, 1.54) is 104 Å². The lowest BCUT2D eigenvalue weighted by Gasteiger charge is -2.27. The molecule has 0 spiro atoms. The zero-order valence-electron chi connectivity index (χ0n) is 26.5. The smallest absolute Gasteiger partial charge is 0.302 e. The van der Waals surface area contributed by atoms with E-state index in [9.17, 15) is 9.59 Å². The first-order valence-electron chi connectivity index (χ1n) is 17.1. The van der Waals surface area contributed by atoms with Crippen molar-refractivity contribution >= 4 is 11.9 Å². The minimum absolute atomic E-state index is 0.0210. The second kappa shape index (κ2) is 21.5. The van der Waals surface area contributed by atoms with Crippen LogP contribution in [0.4, 0.5) is 0 Å². The molecule has 2 aliphatic heterocycles. The van der Waals surface area contributed by atoms with Crippen LogP contribution in [0.2, 0.25) is 0 Å². The van der Waals surface area contributed by atoms with E-state index in [4.69, 9.17) is 18.9 Å². The van der Waals surface area contributed by atoms with Crippen molar-refractivity contribution in [3.8, 4) is 0 Å². The van der Waals surface area contributed by atoms with Gasteiger partial charge in [0.05, 0.1) is 24.4 Å². The van der Waals surface area contributed by atoms with Crippen LogP contribution in [0.3, 0.4) is 0 Å². The summed E-state index contributed by atoms with van der Waals surface area (Å²) in [7, 11) is 0. The van der Waals surface area contributed by atoms with Crippen LogP contribution >= 0.6 is 0 Å². The molecule has 0 saturated carbocycles. The second-order valence-electron chi connectivity index (χ2n) is 12.4. The van der Waals surface area contributed by atoms with Crippen molar-refractivity contribution in [2.75, 3.05) is 0 Å². The van der Waals surface area contributed by atoms with Gasteiger partial charge in [-0.3, -0.25) is 9.59 Å². The summed E-state index contributed by atoms with van der Waals surface area (Å²) in [6.45, 7) is 7.50. The third kappa shape index (κ3) is 14.7. The van der Waals surface area contributed by atoms with Crippen molar-refractivity contribution in [1.82, 2.24) is 0 Å². The molecule has 0 unspecified atom stereocenters. The van der Waals surface area contributed by atoms with Crippen LogP contribution in [0, 0.1) is 0 Å². The fourth-order valence-electron chi connectivity index (χ4n) is 6.50. The Balaban J connectivity index is 1.74. The molecular formula is C34H62O6. The Hall–Kier alpha value is -1.14. The second-order valence-corrected chi connectivity index (χ2v) is 12.4. The first kappa shape index (κ1) is 35.1. The van der Waals surface area contributed by atoms with Crippen LogP contribution in [-0.4, -0.2) is 48.6 Å². The zero-order chi connectivity index (χ0) is 29.0. The van der Waals surface area contributed by atoms with Gasteiger partial charge in [-0.15, -0.1) is 0 Å². The van der Waals surface area contributed by atoms with Gasteiger partial charge in [-0.2, -0.15) is 0 Å². The van der Waals surface area contributed by atoms with E-state index in [0.717, 1.165) is 51.4 Å². The molecule has 6 atom stereocenters. The van der Waals surface area contributed by atoms with E-state index in [2.05, 4.69) is 13.8 Å². The quantitative estimate of drug-likeness (QED) is 0.0908. The van der Waals surface area contributed by atoms with Gasteiger partial charge < -0.3 is 18.9 Å². The Labute approximate surface area is 246 Å². The summed E-state index contributed by atoms with van der Waals surface area (Å²) in [4.78, 5) is 23.7. The summed E-state index contributed by atoms with van der Waals surface area (Å²) in [5, 5.41) is 0. The van der Waals surface area contributed by atoms with E-state index < -0.39 is 0 Å². The van der Waals surface area contributed by atoms with E-state index >= 15 is 0 Å². The van der Waals surface area contributed by atoms with Gasteiger partial charge in [0.2, 0.25) is 0 Å². The maximum atomic E-state index is 11.8. The predicted molar refractivity (Wildman–Crippen MR) is 161 cm³/mol. The third-order valence-electron chi connectivity index (χ3n) is 8.73. The number of ether oxygens (including phenoxy) is 4. The fraction of sp³-hybridized carbons (Fsp3) is 0.941. The van der Waals surface area contributed by atoms with Crippen LogP contribution in [0.1, 0.15) is 169 Å². The number of hydrogen-bond donors (Lipinski definition) is 0. The SMILES string of the molecule is CCCCCCCCCC[C@@H](OC(C)=O)[C@H]1CC[C@@H]([C@H]2CC[C@H]([C@@H](CCCCCCCCCC)OC(C)=O)O2)O1. The highest BCUT2D eigenvalue weighted by atomic mass is 16.6. The van der Waals surface area contributed by atoms with Crippen molar-refractivity contribution in [2.24, 2.45) is 0 Å². The topological polar surface area (TPSA) is 71.1 Å². The zero-order valence-corrected chi connectivity index (χ0v) is 26.5. The Kier molecular flexibility index (Phi) is 18.9. The average molecular weight is 567 g/mol. The highest BCUT2D eigenvalue weighted by Gasteiger charge is 2.42. The molecule has 0 aromatic heterocycles. The van der Waals surface area contributed by atoms with Gasteiger partial charge in [-0.05, 0) is 51.4 Å². The van der Waals surface area contributed by atoms with Crippen molar-refractivity contribution in [2.45, 2.75) is 206 Å². The van der Waals surface area contributed by atoms with Crippen LogP contribution in [0.25, 0.3) is 0 Å². The minimum atomic E-state index is -0.223. The summed E-state index contributed by atoms with van der Waals surface area (Å²) < 4.78 is 24.4. The van der Waals surface area contributed by atoms with E-state index in [1.807, 2.05) is 0 Å². The van der Waals surface area contributed by atoms with Crippen molar-refractivity contribution in [1.29, 1.82) is 0 Å². The average Bonchev–Trinajstić information content (AvgIpc) is 3.60. The number of carbonyl (C=O) groups is 2. The van der Waals surface area contributed by atoms with Gasteiger partial charge >= 0.3 is 11.9 Å². The molecule has 0 bridgehead atoms. The Bertz CT molecular complexity index is 611. The van der Waals surface area contributed by atoms with Crippen molar-refractivity contribution in [3.05, 3.63) is 0 Å². The van der Waals surface area contributed by atoms with Gasteiger partial charge in [-0.25, -0.2) is 0 Å². The summed E-state index contributed by atoms with van der Waals surface area (Å²) in [5.41, 5.74) is 0. The Morgan fingerprint density at radius 2 is 0.875 bits per heavy atom. The van der Waals surface area contributed by atoms with Crippen LogP contribution in [-0.2, 0) is 28.5 Å². The number of esters is 2. The normalized spacial score (nSPS) is 24.2. The molecule has 0 radical (unpaired) electrons. The summed E-state index contributed by atoms with van der Waals surface area (Å²) in [5.74, 6) is -0.446. The molecule has 2 saturated heterocycles. The lowest BCUT2D eigenvalue weighted by Crippen LogP contribution is -2.35. The van der Waals surface area contributed by atoms with E-state index in [1.54, 1.807) is 0 Å². The number of hydrogen-bond acceptors (Lipinski definition) is 6. The minimum Gasteiger partial charge on any atom is -0.460 e. The number of rotatable bonds is 23. The third-order valence-corrected chi connectivity index (χ3v) is 8.73. The first-order valence-corrected chi connectivity index (χ1v) is 17.1. The lowest BCUT2D eigenvalue weighted by molar-refractivity contribution is -0.164. The van der Waals surface area contributed by atoms with Gasteiger partial charge in [0, 0.05) is 13.8 Å². The number of carbonyl (C=O) groups excluding carboxylic acids is 2. The van der Waals surface area contributed by atoms with E-state index in [-0.39, 0.29) is 48.6 Å². The fourth-order valence-corrected chi connectivity index (χ4v) is 6.50. The molecule has 0 amide bonds. The highest BCUT2D eigenvalue weighted by Crippen LogP contribution is 2.36. The number of unbranched alkanes of at least 4 members (excludes halogenated alkanes) is 14. The monoisotopic (exact) mass is 566 g/mol. The molecule has 0 aliphatic carbocycles. The maximum absolute atomic E-state index is 11.8. The standard InChI is InChI=1S/C34H62O6/c1-5-7-9-11-13-15-17-19-21-29(37-27(3)35)31-23-25-33(39-31)34-26-24-32(40-34)30(38-28(4)36)22-20-18-16-14-12-10-8-6-2/h29-34H,5-26H2,1-4H3/t29-,30-,31-,32-,33-,34+/m1/s1. The van der Waals surface area contributed by atoms with Crippen molar-refractivity contribution in [3.63, 3.8) is 0 Å². The highest BCUT2D eigenvalue weighted by molar-refractivity contribution is 5.66. The largest absolute Gasteiger partial charge is 0.460 e. The van der Waals surface area contributed by atoms with Gasteiger partial charge in [-0.1, -0.05) is 104 Å². The molecule has 40 heavy (non-hydrogen) atoms. The molecule has 2 rings (SSSR count). The van der Waals surface area contributed by atoms with E-state index in [0.29, 0.717) is 0 Å². The molecule has 2 aliphatic rings. The maximum Gasteiger partial charge on any atom is 0.302 e. The molecule has 0 N–H and O–H groups in total. The lowest BCUT2D eigenvalue weighted by atomic mass is 10.00. The molecule has 234 valence electrons. The van der Waals surface area contributed by atoms with Crippen LogP contribution in [0.5, 0.6) is 0 Å². The van der Waals surface area contributed by atoms with Gasteiger partial charge in [0.1, 0.15) is 12.2 Å². The molecule has 2 fully saturated rings. The summed E-state index contributed by atoms with van der Waals surface area (Å²) >= 11 is 0. The Morgan fingerprint density at radius 1 is 0.550 bits per heavy atom. The van der Waals surface area contributed by atoms with Gasteiger partial charge in [0.15, 0.2) is 0 Å². The summed E-state index contributed by atoms with van der Waals surface area (Å²) in [6.07, 6.45) is 25.2. The van der Waals surface area contributed by atoms with Crippen molar-refractivity contribution < 1.29 is 28.5 Å². The molecule has 6 heteroatoms. The van der Waals surface area contributed by atoms with Crippen LogP contribution in [0.15, 0.2) is 0 Å². The van der Waals surface area contributed by atoms with Gasteiger partial charge in [0.25, 0.3) is 0 Å². The molecule has 6 nitrogen and oxygen atoms in total. The molecule has 0 aromatic rings. The predicted octanol–water partition coefficient (Wildman–Crippen LogP) is 9.01. The summed E-state index contributed by atoms with van der Waals surface area (Å²) in [6, 6.07) is 0. The molecular weight excluding hydrogens is 504 g/mol. The first-order chi connectivity index (χ1) is 19.4. The van der Waals surface area contributed by atoms with Crippen LogP contribution < -0.4 is 0 Å². The molecule has 2 heterocycles.